The lowest BCUT2D eigenvalue weighted by molar-refractivity contribution is -0.144. The van der Waals surface area contributed by atoms with Crippen LogP contribution in [0.3, 0.4) is 0 Å². The molecule has 2 fully saturated rings. The topological polar surface area (TPSA) is 86.5 Å². The lowest BCUT2D eigenvalue weighted by atomic mass is 10.0. The molecule has 1 aromatic carbocycles. The first-order chi connectivity index (χ1) is 13.5. The van der Waals surface area contributed by atoms with Gasteiger partial charge in [-0.3, -0.25) is 9.59 Å². The summed E-state index contributed by atoms with van der Waals surface area (Å²) in [6.07, 6.45) is 1.53. The second-order valence-corrected chi connectivity index (χ2v) is 7.30. The Labute approximate surface area is 167 Å². The van der Waals surface area contributed by atoms with E-state index in [1.54, 1.807) is 46.2 Å². The minimum Gasteiger partial charge on any atom is -0.471 e. The normalized spacial score (nSPS) is 19.3. The van der Waals surface area contributed by atoms with Crippen molar-refractivity contribution in [1.29, 1.82) is 5.26 Å². The second-order valence-electron chi connectivity index (χ2n) is 6.86. The van der Waals surface area contributed by atoms with Crippen molar-refractivity contribution in [3.05, 3.63) is 53.2 Å². The summed E-state index contributed by atoms with van der Waals surface area (Å²) in [7, 11) is 0. The molecule has 2 aliphatic heterocycles. The molecular weight excluding hydrogens is 380 g/mol. The highest BCUT2D eigenvalue weighted by Crippen LogP contribution is 2.29. The molecule has 0 saturated carbocycles. The van der Waals surface area contributed by atoms with Gasteiger partial charge in [0.1, 0.15) is 12.2 Å². The Bertz CT molecular complexity index is 933. The average Bonchev–Trinajstić information content (AvgIpc) is 3.07. The van der Waals surface area contributed by atoms with Crippen molar-refractivity contribution >= 4 is 29.1 Å². The zero-order chi connectivity index (χ0) is 19.7. The van der Waals surface area contributed by atoms with Crippen LogP contribution in [0.15, 0.2) is 42.6 Å². The number of pyridine rings is 1. The molecule has 1 unspecified atom stereocenters. The first-order valence-corrected chi connectivity index (χ1v) is 9.29. The number of nitrogens with zero attached hydrogens (tertiary/aromatic N) is 4. The minimum atomic E-state index is -0.350. The lowest BCUT2D eigenvalue weighted by Crippen LogP contribution is -2.57. The number of aromatic nitrogens is 1. The molecule has 2 saturated heterocycles. The quantitative estimate of drug-likeness (QED) is 0.791. The summed E-state index contributed by atoms with van der Waals surface area (Å²) in [5, 5.41) is 9.38. The van der Waals surface area contributed by atoms with Gasteiger partial charge in [0, 0.05) is 35.9 Å². The van der Waals surface area contributed by atoms with E-state index < -0.39 is 0 Å². The Hall–Kier alpha value is -3.11. The van der Waals surface area contributed by atoms with Crippen molar-refractivity contribution in [2.75, 3.05) is 24.5 Å². The fourth-order valence-electron chi connectivity index (χ4n) is 3.38. The predicted molar refractivity (Wildman–Crippen MR) is 102 cm³/mol. The van der Waals surface area contributed by atoms with E-state index in [-0.39, 0.29) is 30.3 Å². The number of halogens is 1. The van der Waals surface area contributed by atoms with E-state index in [4.69, 9.17) is 21.6 Å². The highest BCUT2D eigenvalue weighted by atomic mass is 35.5. The van der Waals surface area contributed by atoms with Gasteiger partial charge in [-0.25, -0.2) is 4.98 Å². The van der Waals surface area contributed by atoms with Gasteiger partial charge >= 0.3 is 0 Å². The summed E-state index contributed by atoms with van der Waals surface area (Å²) in [6.45, 7) is 1.30. The molecule has 1 atom stereocenters. The van der Waals surface area contributed by atoms with Crippen LogP contribution in [0.4, 0.5) is 5.69 Å². The Morgan fingerprint density at radius 3 is 2.57 bits per heavy atom. The monoisotopic (exact) mass is 396 g/mol. The number of carbonyl (C=O) groups is 2. The molecule has 2 amide bonds. The number of ether oxygens (including phenoxy) is 1. The number of hydrogen-bond acceptors (Lipinski definition) is 5. The molecule has 142 valence electrons. The number of amides is 2. The highest BCUT2D eigenvalue weighted by molar-refractivity contribution is 6.30. The fourth-order valence-corrected chi connectivity index (χ4v) is 3.51. The molecule has 0 bridgehead atoms. The summed E-state index contributed by atoms with van der Waals surface area (Å²) in [5.74, 6) is -0.00792. The van der Waals surface area contributed by atoms with Gasteiger partial charge in [0.15, 0.2) is 0 Å². The third-order valence-electron chi connectivity index (χ3n) is 4.93. The maximum absolute atomic E-state index is 12.7. The summed E-state index contributed by atoms with van der Waals surface area (Å²) >= 11 is 5.89. The van der Waals surface area contributed by atoms with Crippen molar-refractivity contribution in [3.8, 4) is 11.9 Å². The van der Waals surface area contributed by atoms with E-state index >= 15 is 0 Å². The third kappa shape index (κ3) is 3.64. The van der Waals surface area contributed by atoms with Crippen molar-refractivity contribution in [2.45, 2.75) is 12.5 Å². The zero-order valence-corrected chi connectivity index (χ0v) is 15.7. The van der Waals surface area contributed by atoms with Gasteiger partial charge in [-0.1, -0.05) is 11.6 Å². The van der Waals surface area contributed by atoms with E-state index in [1.165, 1.54) is 6.20 Å². The van der Waals surface area contributed by atoms with Crippen LogP contribution in [0, 0.1) is 17.2 Å². The number of benzene rings is 1. The Kier molecular flexibility index (Phi) is 4.88. The number of anilines is 1. The van der Waals surface area contributed by atoms with Crippen LogP contribution < -0.4 is 9.64 Å². The molecular formula is C20H17ClN4O3. The standard InChI is InChI=1S/C20H17ClN4O3/c21-15-2-4-16(5-3-15)25-10-14(7-19(25)26)20(27)24-11-17(12-24)28-18-6-1-13(8-22)9-23-18/h1-6,9,14,17H,7,10-12H2. The Morgan fingerprint density at radius 1 is 1.18 bits per heavy atom. The van der Waals surface area contributed by atoms with Crippen LogP contribution in [-0.4, -0.2) is 47.4 Å². The lowest BCUT2D eigenvalue weighted by Gasteiger charge is -2.39. The van der Waals surface area contributed by atoms with E-state index in [0.29, 0.717) is 36.1 Å². The van der Waals surface area contributed by atoms with Crippen LogP contribution in [0.25, 0.3) is 0 Å². The number of likely N-dealkylation sites (tertiary alicyclic amines) is 1. The largest absolute Gasteiger partial charge is 0.471 e. The van der Waals surface area contributed by atoms with E-state index in [1.807, 2.05) is 6.07 Å². The maximum atomic E-state index is 12.7. The first-order valence-electron chi connectivity index (χ1n) is 8.91. The van der Waals surface area contributed by atoms with Gasteiger partial charge in [-0.15, -0.1) is 0 Å². The summed E-state index contributed by atoms with van der Waals surface area (Å²) in [6, 6.07) is 12.3. The minimum absolute atomic E-state index is 0.0301. The molecule has 2 aromatic rings. The molecule has 0 radical (unpaired) electrons. The maximum Gasteiger partial charge on any atom is 0.228 e. The fraction of sp³-hybridized carbons (Fsp3) is 0.300. The molecule has 4 rings (SSSR count). The number of hydrogen-bond donors (Lipinski definition) is 0. The highest BCUT2D eigenvalue weighted by Gasteiger charge is 2.41. The first kappa shape index (κ1) is 18.3. The van der Waals surface area contributed by atoms with Gasteiger partial charge in [0.25, 0.3) is 0 Å². The van der Waals surface area contributed by atoms with Crippen LogP contribution >= 0.6 is 11.6 Å². The Balaban J connectivity index is 1.30. The summed E-state index contributed by atoms with van der Waals surface area (Å²) in [4.78, 5) is 32.4. The van der Waals surface area contributed by atoms with Gasteiger partial charge in [0.2, 0.25) is 17.7 Å². The smallest absolute Gasteiger partial charge is 0.228 e. The molecule has 8 heteroatoms. The molecule has 28 heavy (non-hydrogen) atoms. The van der Waals surface area contributed by atoms with Crippen LogP contribution in [-0.2, 0) is 9.59 Å². The third-order valence-corrected chi connectivity index (χ3v) is 5.18. The van der Waals surface area contributed by atoms with Gasteiger partial charge in [-0.05, 0) is 30.3 Å². The van der Waals surface area contributed by atoms with Crippen molar-refractivity contribution < 1.29 is 14.3 Å². The van der Waals surface area contributed by atoms with Crippen molar-refractivity contribution in [2.24, 2.45) is 5.92 Å². The molecule has 0 aliphatic carbocycles. The van der Waals surface area contributed by atoms with Gasteiger partial charge in [-0.2, -0.15) is 5.26 Å². The predicted octanol–water partition coefficient (Wildman–Crippen LogP) is 2.25. The molecule has 2 aliphatic rings. The number of rotatable bonds is 4. The van der Waals surface area contributed by atoms with Crippen LogP contribution in [0.1, 0.15) is 12.0 Å². The molecule has 3 heterocycles. The van der Waals surface area contributed by atoms with Crippen molar-refractivity contribution in [3.63, 3.8) is 0 Å². The number of nitriles is 1. The van der Waals surface area contributed by atoms with E-state index in [9.17, 15) is 9.59 Å². The molecule has 0 N–H and O–H groups in total. The molecule has 0 spiro atoms. The van der Waals surface area contributed by atoms with Crippen LogP contribution in [0.2, 0.25) is 5.02 Å². The average molecular weight is 397 g/mol. The van der Waals surface area contributed by atoms with Gasteiger partial charge in [0.05, 0.1) is 24.6 Å². The summed E-state index contributed by atoms with van der Waals surface area (Å²) < 4.78 is 5.71. The van der Waals surface area contributed by atoms with Gasteiger partial charge < -0.3 is 14.5 Å². The Morgan fingerprint density at radius 2 is 1.93 bits per heavy atom. The van der Waals surface area contributed by atoms with Crippen LogP contribution in [0.5, 0.6) is 5.88 Å². The SMILES string of the molecule is N#Cc1ccc(OC2CN(C(=O)C3CC(=O)N(c4ccc(Cl)cc4)C3)C2)nc1. The van der Waals surface area contributed by atoms with Crippen molar-refractivity contribution in [1.82, 2.24) is 9.88 Å². The van der Waals surface area contributed by atoms with E-state index in [0.717, 1.165) is 5.69 Å². The molecule has 1 aromatic heterocycles. The number of carbonyl (C=O) groups excluding carboxylic acids is 2. The van der Waals surface area contributed by atoms with E-state index in [2.05, 4.69) is 4.98 Å². The second kappa shape index (κ2) is 7.49. The summed E-state index contributed by atoms with van der Waals surface area (Å²) in [5.41, 5.74) is 1.22. The zero-order valence-electron chi connectivity index (χ0n) is 14.9. The molecule has 7 nitrogen and oxygen atoms in total.